The van der Waals surface area contributed by atoms with E-state index in [4.69, 9.17) is 9.47 Å². The molecule has 0 saturated carbocycles. The Balaban J connectivity index is 2.28. The molecule has 0 amide bonds. The fraction of sp³-hybridized carbons (Fsp3) is 0.409. The second-order valence-electron chi connectivity index (χ2n) is 7.41. The SMILES string of the molecule is COc1cc(C)c(S(=O)(=O)NC(C(=O)OCc2ccccc2)C(C)C)c(C)c1C. The number of rotatable bonds is 8. The van der Waals surface area contributed by atoms with E-state index < -0.39 is 22.0 Å². The van der Waals surface area contributed by atoms with Crippen LogP contribution in [0.3, 0.4) is 0 Å². The standard InChI is InChI=1S/C22H29NO5S/c1-14(2)20(22(24)28-13-18-10-8-7-9-11-18)23-29(25,26)21-15(3)12-19(27-6)16(4)17(21)5/h7-12,14,20,23H,13H2,1-6H3. The molecule has 29 heavy (non-hydrogen) atoms. The van der Waals surface area contributed by atoms with Crippen LogP contribution in [0.25, 0.3) is 0 Å². The minimum atomic E-state index is -3.95. The van der Waals surface area contributed by atoms with Gasteiger partial charge in [0.2, 0.25) is 10.0 Å². The molecule has 1 N–H and O–H groups in total. The molecule has 158 valence electrons. The van der Waals surface area contributed by atoms with Crippen LogP contribution in [0.1, 0.15) is 36.1 Å². The molecule has 0 spiro atoms. The number of hydrogen-bond donors (Lipinski definition) is 1. The number of ether oxygens (including phenoxy) is 2. The van der Waals surface area contributed by atoms with Crippen LogP contribution in [0.4, 0.5) is 0 Å². The molecule has 2 aromatic carbocycles. The van der Waals surface area contributed by atoms with E-state index in [0.717, 1.165) is 11.1 Å². The van der Waals surface area contributed by atoms with Crippen LogP contribution in [-0.4, -0.2) is 27.5 Å². The molecule has 0 fully saturated rings. The Morgan fingerprint density at radius 3 is 2.24 bits per heavy atom. The Hall–Kier alpha value is -2.38. The first-order chi connectivity index (χ1) is 13.6. The summed E-state index contributed by atoms with van der Waals surface area (Å²) >= 11 is 0. The third-order valence-corrected chi connectivity index (χ3v) is 6.62. The number of nitrogens with one attached hydrogen (secondary N) is 1. The minimum absolute atomic E-state index is 0.0876. The smallest absolute Gasteiger partial charge is 0.324 e. The van der Waals surface area contributed by atoms with Crippen molar-refractivity contribution in [3.05, 3.63) is 58.7 Å². The van der Waals surface area contributed by atoms with E-state index in [1.807, 2.05) is 30.3 Å². The van der Waals surface area contributed by atoms with E-state index in [0.29, 0.717) is 16.9 Å². The van der Waals surface area contributed by atoms with Crippen molar-refractivity contribution in [3.63, 3.8) is 0 Å². The largest absolute Gasteiger partial charge is 0.496 e. The lowest BCUT2D eigenvalue weighted by Crippen LogP contribution is -2.45. The summed E-state index contributed by atoms with van der Waals surface area (Å²) in [5.41, 5.74) is 2.72. The predicted octanol–water partition coefficient (Wildman–Crippen LogP) is 3.67. The summed E-state index contributed by atoms with van der Waals surface area (Å²) in [4.78, 5) is 12.8. The van der Waals surface area contributed by atoms with Crippen LogP contribution < -0.4 is 9.46 Å². The molecular weight excluding hydrogens is 390 g/mol. The molecule has 0 heterocycles. The molecule has 7 heteroatoms. The Morgan fingerprint density at radius 1 is 1.07 bits per heavy atom. The molecule has 0 saturated heterocycles. The second kappa shape index (κ2) is 9.41. The van der Waals surface area contributed by atoms with Crippen molar-refractivity contribution in [1.82, 2.24) is 4.72 Å². The van der Waals surface area contributed by atoms with E-state index >= 15 is 0 Å². The number of esters is 1. The first-order valence-electron chi connectivity index (χ1n) is 9.46. The summed E-state index contributed by atoms with van der Waals surface area (Å²) in [6, 6.07) is 9.95. The van der Waals surface area contributed by atoms with Crippen molar-refractivity contribution in [2.45, 2.75) is 52.2 Å². The van der Waals surface area contributed by atoms with E-state index in [9.17, 15) is 13.2 Å². The number of sulfonamides is 1. The highest BCUT2D eigenvalue weighted by Crippen LogP contribution is 2.30. The minimum Gasteiger partial charge on any atom is -0.496 e. The Morgan fingerprint density at radius 2 is 1.69 bits per heavy atom. The van der Waals surface area contributed by atoms with Crippen molar-refractivity contribution in [2.24, 2.45) is 5.92 Å². The lowest BCUT2D eigenvalue weighted by Gasteiger charge is -2.23. The summed E-state index contributed by atoms with van der Waals surface area (Å²) in [5, 5.41) is 0. The van der Waals surface area contributed by atoms with E-state index in [2.05, 4.69) is 4.72 Å². The Kier molecular flexibility index (Phi) is 7.43. The lowest BCUT2D eigenvalue weighted by molar-refractivity contribution is -0.148. The normalized spacial score (nSPS) is 12.7. The zero-order valence-electron chi connectivity index (χ0n) is 17.8. The molecule has 1 atom stereocenters. The van der Waals surface area contributed by atoms with E-state index in [1.54, 1.807) is 47.8 Å². The first-order valence-corrected chi connectivity index (χ1v) is 10.9. The molecule has 0 aromatic heterocycles. The molecule has 1 unspecified atom stereocenters. The van der Waals surface area contributed by atoms with E-state index in [1.165, 1.54) is 0 Å². The van der Waals surface area contributed by atoms with Crippen LogP contribution in [0.2, 0.25) is 0 Å². The zero-order chi connectivity index (χ0) is 21.8. The average Bonchev–Trinajstić information content (AvgIpc) is 2.67. The Bertz CT molecular complexity index is 968. The van der Waals surface area contributed by atoms with Gasteiger partial charge in [0.25, 0.3) is 0 Å². The van der Waals surface area contributed by atoms with Gasteiger partial charge >= 0.3 is 5.97 Å². The van der Waals surface area contributed by atoms with Gasteiger partial charge in [-0.2, -0.15) is 4.72 Å². The fourth-order valence-electron chi connectivity index (χ4n) is 3.15. The van der Waals surface area contributed by atoms with Crippen LogP contribution >= 0.6 is 0 Å². The summed E-state index contributed by atoms with van der Waals surface area (Å²) in [7, 11) is -2.40. The van der Waals surface area contributed by atoms with Crippen molar-refractivity contribution >= 4 is 16.0 Å². The fourth-order valence-corrected chi connectivity index (χ4v) is 5.01. The van der Waals surface area contributed by atoms with Gasteiger partial charge in [-0.05, 0) is 55.0 Å². The van der Waals surface area contributed by atoms with Crippen LogP contribution in [0.5, 0.6) is 5.75 Å². The van der Waals surface area contributed by atoms with Crippen molar-refractivity contribution in [3.8, 4) is 5.75 Å². The van der Waals surface area contributed by atoms with Crippen LogP contribution in [0, 0.1) is 26.7 Å². The first kappa shape index (κ1) is 22.9. The maximum Gasteiger partial charge on any atom is 0.324 e. The summed E-state index contributed by atoms with van der Waals surface area (Å²) in [6.07, 6.45) is 0. The number of hydrogen-bond acceptors (Lipinski definition) is 5. The maximum absolute atomic E-state index is 13.2. The van der Waals surface area contributed by atoms with E-state index in [-0.39, 0.29) is 17.4 Å². The second-order valence-corrected chi connectivity index (χ2v) is 9.06. The predicted molar refractivity (Wildman–Crippen MR) is 112 cm³/mol. The molecular formula is C22H29NO5S. The van der Waals surface area contributed by atoms with Gasteiger partial charge in [-0.25, -0.2) is 8.42 Å². The van der Waals surface area contributed by atoms with Gasteiger partial charge in [0, 0.05) is 0 Å². The highest BCUT2D eigenvalue weighted by atomic mass is 32.2. The van der Waals surface area contributed by atoms with Crippen molar-refractivity contribution in [2.75, 3.05) is 7.11 Å². The topological polar surface area (TPSA) is 81.7 Å². The molecule has 2 aromatic rings. The number of methoxy groups -OCH3 is 1. The van der Waals surface area contributed by atoms with Gasteiger partial charge in [0.05, 0.1) is 12.0 Å². The van der Waals surface area contributed by atoms with Gasteiger partial charge in [0.15, 0.2) is 0 Å². The third-order valence-electron chi connectivity index (χ3n) is 4.89. The molecule has 6 nitrogen and oxygen atoms in total. The van der Waals surface area contributed by atoms with Gasteiger partial charge in [0.1, 0.15) is 18.4 Å². The van der Waals surface area contributed by atoms with Gasteiger partial charge in [-0.3, -0.25) is 4.79 Å². The van der Waals surface area contributed by atoms with Gasteiger partial charge in [-0.1, -0.05) is 44.2 Å². The summed E-state index contributed by atoms with van der Waals surface area (Å²) in [5.74, 6) is -0.261. The van der Waals surface area contributed by atoms with Crippen molar-refractivity contribution in [1.29, 1.82) is 0 Å². The van der Waals surface area contributed by atoms with Gasteiger partial charge in [-0.15, -0.1) is 0 Å². The maximum atomic E-state index is 13.2. The number of carbonyl (C=O) groups excluding carboxylic acids is 1. The number of aryl methyl sites for hydroxylation is 1. The zero-order valence-corrected chi connectivity index (χ0v) is 18.6. The van der Waals surface area contributed by atoms with Gasteiger partial charge < -0.3 is 9.47 Å². The average molecular weight is 420 g/mol. The number of carbonyl (C=O) groups is 1. The molecule has 0 aliphatic carbocycles. The molecule has 0 radical (unpaired) electrons. The van der Waals surface area contributed by atoms with Crippen LogP contribution in [-0.2, 0) is 26.2 Å². The summed E-state index contributed by atoms with van der Waals surface area (Å²) in [6.45, 7) is 8.88. The summed E-state index contributed by atoms with van der Waals surface area (Å²) < 4.78 is 39.6. The third kappa shape index (κ3) is 5.36. The Labute approximate surface area is 173 Å². The molecule has 2 rings (SSSR count). The quantitative estimate of drug-likeness (QED) is 0.660. The molecule has 0 aliphatic rings. The highest BCUT2D eigenvalue weighted by molar-refractivity contribution is 7.89. The monoisotopic (exact) mass is 419 g/mol. The molecule has 0 aliphatic heterocycles. The molecule has 0 bridgehead atoms. The van der Waals surface area contributed by atoms with Crippen LogP contribution in [0.15, 0.2) is 41.3 Å². The lowest BCUT2D eigenvalue weighted by atomic mass is 10.1. The van der Waals surface area contributed by atoms with Crippen molar-refractivity contribution < 1.29 is 22.7 Å². The highest BCUT2D eigenvalue weighted by Gasteiger charge is 2.32. The number of benzene rings is 2.